The number of cyclic esters (lactones) is 1. The molecule has 2 aliphatic heterocycles. The highest BCUT2D eigenvalue weighted by Gasteiger charge is 2.33. The molecule has 25 heavy (non-hydrogen) atoms. The Morgan fingerprint density at radius 3 is 2.68 bits per heavy atom. The van der Waals surface area contributed by atoms with E-state index < -0.39 is 12.2 Å². The Bertz CT molecular complexity index is 661. The van der Waals surface area contributed by atoms with Crippen LogP contribution < -0.4 is 15.1 Å². The van der Waals surface area contributed by atoms with Gasteiger partial charge in [0.05, 0.1) is 24.5 Å². The highest BCUT2D eigenvalue weighted by atomic mass is 19.1. The third kappa shape index (κ3) is 4.01. The zero-order chi connectivity index (χ0) is 18.0. The Morgan fingerprint density at radius 1 is 1.32 bits per heavy atom. The van der Waals surface area contributed by atoms with Crippen LogP contribution in [0.15, 0.2) is 18.2 Å². The number of nitrogens with zero attached hydrogens (tertiary/aromatic N) is 3. The monoisotopic (exact) mass is 350 g/mol. The zero-order valence-corrected chi connectivity index (χ0v) is 14.5. The Balaban J connectivity index is 1.68. The summed E-state index contributed by atoms with van der Waals surface area (Å²) in [6.07, 6.45) is -0.959. The normalized spacial score (nSPS) is 21.4. The smallest absolute Gasteiger partial charge is 0.414 e. The summed E-state index contributed by atoms with van der Waals surface area (Å²) in [7, 11) is 2.05. The fourth-order valence-electron chi connectivity index (χ4n) is 3.06. The van der Waals surface area contributed by atoms with Gasteiger partial charge in [-0.25, -0.2) is 9.18 Å². The predicted molar refractivity (Wildman–Crippen MR) is 92.4 cm³/mol. The number of rotatable bonds is 4. The molecule has 1 N–H and O–H groups in total. The first kappa shape index (κ1) is 17.5. The second-order valence-corrected chi connectivity index (χ2v) is 6.48. The van der Waals surface area contributed by atoms with E-state index in [0.717, 1.165) is 26.2 Å². The third-order valence-corrected chi connectivity index (χ3v) is 4.54. The SMILES string of the molecule is CC(=O)NCC1CN(c2ccc(N3CCN(C)CC3)c(F)c2)C(=O)O1. The van der Waals surface area contributed by atoms with Gasteiger partial charge in [-0.1, -0.05) is 0 Å². The van der Waals surface area contributed by atoms with E-state index in [1.807, 2.05) is 11.9 Å². The van der Waals surface area contributed by atoms with E-state index in [4.69, 9.17) is 4.74 Å². The molecule has 2 amide bonds. The van der Waals surface area contributed by atoms with E-state index in [1.165, 1.54) is 17.9 Å². The van der Waals surface area contributed by atoms with Gasteiger partial charge in [0.15, 0.2) is 0 Å². The number of ether oxygens (including phenoxy) is 1. The summed E-state index contributed by atoms with van der Waals surface area (Å²) >= 11 is 0. The number of anilines is 2. The van der Waals surface area contributed by atoms with Gasteiger partial charge in [-0.2, -0.15) is 0 Å². The Hall–Kier alpha value is -2.35. The van der Waals surface area contributed by atoms with E-state index in [1.54, 1.807) is 12.1 Å². The molecule has 136 valence electrons. The molecule has 2 saturated heterocycles. The standard InChI is InChI=1S/C17H23FN4O3/c1-12(23)19-10-14-11-22(17(24)25-14)13-3-4-16(15(18)9-13)21-7-5-20(2)6-8-21/h3-4,9,14H,5-8,10-11H2,1-2H3,(H,19,23). The van der Waals surface area contributed by atoms with Crippen molar-refractivity contribution in [1.82, 2.24) is 10.2 Å². The van der Waals surface area contributed by atoms with Crippen molar-refractivity contribution in [3.05, 3.63) is 24.0 Å². The predicted octanol–water partition coefficient (Wildman–Crippen LogP) is 1.04. The number of piperazine rings is 1. The van der Waals surface area contributed by atoms with Crippen LogP contribution in [0.5, 0.6) is 0 Å². The van der Waals surface area contributed by atoms with Crippen LogP contribution in [-0.4, -0.2) is 69.3 Å². The number of carbonyl (C=O) groups excluding carboxylic acids is 2. The van der Waals surface area contributed by atoms with Gasteiger partial charge in [0.1, 0.15) is 11.9 Å². The van der Waals surface area contributed by atoms with Crippen LogP contribution in [0.3, 0.4) is 0 Å². The zero-order valence-electron chi connectivity index (χ0n) is 14.5. The van der Waals surface area contributed by atoms with Gasteiger partial charge in [0.2, 0.25) is 5.91 Å². The molecule has 0 saturated carbocycles. The van der Waals surface area contributed by atoms with Gasteiger partial charge in [0.25, 0.3) is 0 Å². The summed E-state index contributed by atoms with van der Waals surface area (Å²) in [5.74, 6) is -0.530. The maximum absolute atomic E-state index is 14.6. The lowest BCUT2D eigenvalue weighted by molar-refractivity contribution is -0.119. The number of halogens is 1. The molecule has 2 aliphatic rings. The summed E-state index contributed by atoms with van der Waals surface area (Å²) in [5.41, 5.74) is 1.02. The summed E-state index contributed by atoms with van der Waals surface area (Å²) in [6, 6.07) is 4.82. The van der Waals surface area contributed by atoms with Gasteiger partial charge < -0.3 is 19.9 Å². The average molecular weight is 350 g/mol. The number of hydrogen-bond donors (Lipinski definition) is 1. The van der Waals surface area contributed by atoms with E-state index >= 15 is 0 Å². The molecule has 0 aromatic heterocycles. The molecule has 2 fully saturated rings. The Kier molecular flexibility index (Phi) is 5.08. The number of hydrogen-bond acceptors (Lipinski definition) is 5. The number of benzene rings is 1. The maximum Gasteiger partial charge on any atom is 0.414 e. The molecule has 3 rings (SSSR count). The van der Waals surface area contributed by atoms with E-state index in [-0.39, 0.29) is 24.8 Å². The van der Waals surface area contributed by atoms with Crippen LogP contribution in [-0.2, 0) is 9.53 Å². The van der Waals surface area contributed by atoms with E-state index in [0.29, 0.717) is 11.4 Å². The fourth-order valence-corrected chi connectivity index (χ4v) is 3.06. The van der Waals surface area contributed by atoms with Crippen LogP contribution in [0.1, 0.15) is 6.92 Å². The van der Waals surface area contributed by atoms with Crippen molar-refractivity contribution in [2.24, 2.45) is 0 Å². The maximum atomic E-state index is 14.6. The lowest BCUT2D eigenvalue weighted by Gasteiger charge is -2.34. The van der Waals surface area contributed by atoms with Crippen molar-refractivity contribution in [2.75, 3.05) is 56.1 Å². The molecule has 1 atom stereocenters. The lowest BCUT2D eigenvalue weighted by atomic mass is 10.2. The number of likely N-dealkylation sites (N-methyl/N-ethyl adjacent to an activating group) is 1. The average Bonchev–Trinajstić information content (AvgIpc) is 2.95. The minimum Gasteiger partial charge on any atom is -0.442 e. The van der Waals surface area contributed by atoms with Crippen molar-refractivity contribution < 1.29 is 18.7 Å². The van der Waals surface area contributed by atoms with Crippen LogP contribution in [0, 0.1) is 5.82 Å². The molecule has 0 bridgehead atoms. The van der Waals surface area contributed by atoms with E-state index in [9.17, 15) is 14.0 Å². The molecule has 7 nitrogen and oxygen atoms in total. The highest BCUT2D eigenvalue weighted by Crippen LogP contribution is 2.28. The molecule has 1 aromatic carbocycles. The van der Waals surface area contributed by atoms with Crippen LogP contribution >= 0.6 is 0 Å². The second-order valence-electron chi connectivity index (χ2n) is 6.48. The highest BCUT2D eigenvalue weighted by molar-refractivity contribution is 5.90. The van der Waals surface area contributed by atoms with Gasteiger partial charge in [-0.3, -0.25) is 9.69 Å². The van der Waals surface area contributed by atoms with Crippen molar-refractivity contribution in [3.8, 4) is 0 Å². The first-order valence-electron chi connectivity index (χ1n) is 8.39. The fraction of sp³-hybridized carbons (Fsp3) is 0.529. The largest absolute Gasteiger partial charge is 0.442 e. The topological polar surface area (TPSA) is 65.1 Å². The second kappa shape index (κ2) is 7.26. The van der Waals surface area contributed by atoms with Crippen molar-refractivity contribution in [3.63, 3.8) is 0 Å². The number of nitrogens with one attached hydrogen (secondary N) is 1. The van der Waals surface area contributed by atoms with Crippen molar-refractivity contribution in [1.29, 1.82) is 0 Å². The molecule has 0 spiro atoms. The molecule has 2 heterocycles. The molecule has 0 radical (unpaired) electrons. The molecule has 0 aliphatic carbocycles. The number of amides is 2. The van der Waals surface area contributed by atoms with Crippen LogP contribution in [0.4, 0.5) is 20.6 Å². The van der Waals surface area contributed by atoms with Gasteiger partial charge in [0, 0.05) is 33.1 Å². The lowest BCUT2D eigenvalue weighted by Crippen LogP contribution is -2.44. The minimum atomic E-state index is -0.526. The molecule has 8 heteroatoms. The van der Waals surface area contributed by atoms with Gasteiger partial charge >= 0.3 is 6.09 Å². The third-order valence-electron chi connectivity index (χ3n) is 4.54. The van der Waals surface area contributed by atoms with Gasteiger partial charge in [-0.15, -0.1) is 0 Å². The first-order chi connectivity index (χ1) is 11.9. The van der Waals surface area contributed by atoms with Crippen molar-refractivity contribution in [2.45, 2.75) is 13.0 Å². The van der Waals surface area contributed by atoms with Crippen LogP contribution in [0.2, 0.25) is 0 Å². The van der Waals surface area contributed by atoms with Crippen LogP contribution in [0.25, 0.3) is 0 Å². The Morgan fingerprint density at radius 2 is 2.04 bits per heavy atom. The molecular formula is C17H23FN4O3. The molecule has 1 unspecified atom stereocenters. The summed E-state index contributed by atoms with van der Waals surface area (Å²) < 4.78 is 19.8. The molecular weight excluding hydrogens is 327 g/mol. The minimum absolute atomic E-state index is 0.183. The first-order valence-corrected chi connectivity index (χ1v) is 8.39. The van der Waals surface area contributed by atoms with Crippen molar-refractivity contribution >= 4 is 23.4 Å². The quantitative estimate of drug-likeness (QED) is 0.879. The molecule has 1 aromatic rings. The summed E-state index contributed by atoms with van der Waals surface area (Å²) in [6.45, 7) is 5.27. The number of carbonyl (C=O) groups is 2. The van der Waals surface area contributed by atoms with Gasteiger partial charge in [-0.05, 0) is 25.2 Å². The Labute approximate surface area is 146 Å². The summed E-state index contributed by atoms with van der Waals surface area (Å²) in [4.78, 5) is 28.6. The van der Waals surface area contributed by atoms with E-state index in [2.05, 4.69) is 10.2 Å². The summed E-state index contributed by atoms with van der Waals surface area (Å²) in [5, 5.41) is 2.62.